The Labute approximate surface area is 88.5 Å². The first-order valence-electron chi connectivity index (χ1n) is 4.53. The molecule has 1 rings (SSSR count). The molecule has 15 heavy (non-hydrogen) atoms. The molecule has 0 heterocycles. The molecule has 0 saturated carbocycles. The summed E-state index contributed by atoms with van der Waals surface area (Å²) < 4.78 is 0. The molecule has 0 fully saturated rings. The summed E-state index contributed by atoms with van der Waals surface area (Å²) in [6.07, 6.45) is 3.05. The highest BCUT2D eigenvalue weighted by molar-refractivity contribution is 6.08. The first-order valence-corrected chi connectivity index (χ1v) is 4.53. The number of benzene rings is 1. The third-order valence-electron chi connectivity index (χ3n) is 1.70. The summed E-state index contributed by atoms with van der Waals surface area (Å²) >= 11 is 0. The highest BCUT2D eigenvalue weighted by atomic mass is 16.1. The number of carbonyl (C=O) groups excluding carboxylic acids is 1. The van der Waals surface area contributed by atoms with E-state index in [1.165, 1.54) is 6.08 Å². The fourth-order valence-corrected chi connectivity index (χ4v) is 0.992. The van der Waals surface area contributed by atoms with E-state index in [4.69, 9.17) is 5.41 Å². The van der Waals surface area contributed by atoms with Crippen LogP contribution in [0.3, 0.4) is 0 Å². The topological polar surface area (TPSA) is 65.0 Å². The summed E-state index contributed by atoms with van der Waals surface area (Å²) in [7, 11) is 1.72. The van der Waals surface area contributed by atoms with Crippen LogP contribution in [-0.2, 0) is 0 Å². The fraction of sp³-hybridized carbons (Fsp3) is 0.0909. The van der Waals surface area contributed by atoms with E-state index in [9.17, 15) is 4.79 Å². The molecule has 0 spiro atoms. The molecule has 1 amide bonds. The summed E-state index contributed by atoms with van der Waals surface area (Å²) in [5.74, 6) is -0.223. The Bertz CT molecular complexity index is 371. The van der Waals surface area contributed by atoms with Gasteiger partial charge in [-0.1, -0.05) is 18.2 Å². The Morgan fingerprint density at radius 1 is 1.33 bits per heavy atom. The molecule has 1 aromatic carbocycles. The number of carbonyl (C=O) groups is 1. The van der Waals surface area contributed by atoms with Gasteiger partial charge in [-0.25, -0.2) is 0 Å². The molecule has 0 saturated heterocycles. The standard InChI is InChI=1S/C11H13N3O/c1-13-8-7-10(12)14-11(15)9-5-3-2-4-6-9/h2-8,13H,1H3,(H2,12,14,15)/b8-7-. The molecule has 4 heteroatoms. The second-order valence-electron chi connectivity index (χ2n) is 2.86. The van der Waals surface area contributed by atoms with Gasteiger partial charge in [-0.3, -0.25) is 10.2 Å². The van der Waals surface area contributed by atoms with Gasteiger partial charge in [0.2, 0.25) is 0 Å². The van der Waals surface area contributed by atoms with Crippen LogP contribution in [0.4, 0.5) is 0 Å². The van der Waals surface area contributed by atoms with E-state index in [1.807, 2.05) is 6.07 Å². The molecule has 0 aliphatic rings. The molecule has 0 atom stereocenters. The maximum Gasteiger partial charge on any atom is 0.256 e. The SMILES string of the molecule is CN/C=C\C(=N)NC(=O)c1ccccc1. The van der Waals surface area contributed by atoms with Gasteiger partial charge in [0.05, 0.1) is 0 Å². The summed E-state index contributed by atoms with van der Waals surface area (Å²) in [6, 6.07) is 8.79. The summed E-state index contributed by atoms with van der Waals surface area (Å²) in [4.78, 5) is 11.5. The molecule has 0 aliphatic carbocycles. The lowest BCUT2D eigenvalue weighted by Gasteiger charge is -2.02. The maximum absolute atomic E-state index is 11.5. The predicted octanol–water partition coefficient (Wildman–Crippen LogP) is 1.13. The van der Waals surface area contributed by atoms with Crippen molar-refractivity contribution in [3.63, 3.8) is 0 Å². The Balaban J connectivity index is 2.57. The molecular formula is C11H13N3O. The molecule has 0 aliphatic heterocycles. The van der Waals surface area contributed by atoms with Gasteiger partial charge in [-0.15, -0.1) is 0 Å². The number of amides is 1. The van der Waals surface area contributed by atoms with Crippen molar-refractivity contribution >= 4 is 11.7 Å². The van der Waals surface area contributed by atoms with E-state index in [1.54, 1.807) is 37.5 Å². The Morgan fingerprint density at radius 2 is 2.00 bits per heavy atom. The van der Waals surface area contributed by atoms with Crippen LogP contribution in [0.2, 0.25) is 0 Å². The first-order chi connectivity index (χ1) is 7.24. The third kappa shape index (κ3) is 3.64. The monoisotopic (exact) mass is 203 g/mol. The minimum atomic E-state index is -0.277. The van der Waals surface area contributed by atoms with Crippen molar-refractivity contribution in [3.8, 4) is 0 Å². The van der Waals surface area contributed by atoms with Crippen LogP contribution in [-0.4, -0.2) is 18.8 Å². The van der Waals surface area contributed by atoms with E-state index < -0.39 is 0 Å². The molecule has 0 aromatic heterocycles. The summed E-state index contributed by atoms with van der Waals surface area (Å²) in [6.45, 7) is 0. The van der Waals surface area contributed by atoms with Crippen LogP contribution < -0.4 is 10.6 Å². The van der Waals surface area contributed by atoms with Crippen molar-refractivity contribution < 1.29 is 4.79 Å². The predicted molar refractivity (Wildman–Crippen MR) is 59.8 cm³/mol. The second kappa shape index (κ2) is 5.59. The minimum absolute atomic E-state index is 0.0539. The smallest absolute Gasteiger partial charge is 0.256 e. The molecule has 0 bridgehead atoms. The largest absolute Gasteiger partial charge is 0.394 e. The zero-order valence-electron chi connectivity index (χ0n) is 8.45. The first kappa shape index (κ1) is 11.0. The fourth-order valence-electron chi connectivity index (χ4n) is 0.992. The molecule has 0 unspecified atom stereocenters. The van der Waals surface area contributed by atoms with Crippen molar-refractivity contribution in [2.24, 2.45) is 0 Å². The molecule has 1 aromatic rings. The summed E-state index contributed by atoms with van der Waals surface area (Å²) in [5.41, 5.74) is 0.542. The van der Waals surface area contributed by atoms with Crippen LogP contribution in [0.15, 0.2) is 42.6 Å². The van der Waals surface area contributed by atoms with E-state index in [0.717, 1.165) is 0 Å². The molecule has 0 radical (unpaired) electrons. The number of amidine groups is 1. The minimum Gasteiger partial charge on any atom is -0.394 e. The van der Waals surface area contributed by atoms with Gasteiger partial charge in [0.25, 0.3) is 5.91 Å². The number of hydrogen-bond donors (Lipinski definition) is 3. The van der Waals surface area contributed by atoms with Crippen molar-refractivity contribution in [3.05, 3.63) is 48.2 Å². The quantitative estimate of drug-likeness (QED) is 0.509. The number of hydrogen-bond acceptors (Lipinski definition) is 3. The number of rotatable bonds is 3. The second-order valence-corrected chi connectivity index (χ2v) is 2.86. The Kier molecular flexibility index (Phi) is 4.09. The van der Waals surface area contributed by atoms with Crippen LogP contribution >= 0.6 is 0 Å². The van der Waals surface area contributed by atoms with Crippen LogP contribution in [0, 0.1) is 5.41 Å². The highest BCUT2D eigenvalue weighted by Crippen LogP contribution is 1.97. The van der Waals surface area contributed by atoms with Gasteiger partial charge in [0.1, 0.15) is 5.84 Å². The van der Waals surface area contributed by atoms with Crippen molar-refractivity contribution in [2.75, 3.05) is 7.05 Å². The van der Waals surface area contributed by atoms with Gasteiger partial charge in [0.15, 0.2) is 0 Å². The van der Waals surface area contributed by atoms with Crippen LogP contribution in [0.25, 0.3) is 0 Å². The van der Waals surface area contributed by atoms with Crippen molar-refractivity contribution in [2.45, 2.75) is 0 Å². The molecule has 4 nitrogen and oxygen atoms in total. The Morgan fingerprint density at radius 3 is 2.60 bits per heavy atom. The molecule has 78 valence electrons. The van der Waals surface area contributed by atoms with Gasteiger partial charge < -0.3 is 10.6 Å². The zero-order chi connectivity index (χ0) is 11.1. The maximum atomic E-state index is 11.5. The highest BCUT2D eigenvalue weighted by Gasteiger charge is 2.04. The normalized spacial score (nSPS) is 9.93. The van der Waals surface area contributed by atoms with Gasteiger partial charge in [-0.05, 0) is 24.4 Å². The zero-order valence-corrected chi connectivity index (χ0v) is 8.45. The van der Waals surface area contributed by atoms with Crippen molar-refractivity contribution in [1.82, 2.24) is 10.6 Å². The Hall–Kier alpha value is -2.10. The van der Waals surface area contributed by atoms with Crippen LogP contribution in [0.1, 0.15) is 10.4 Å². The molecular weight excluding hydrogens is 190 g/mol. The van der Waals surface area contributed by atoms with Gasteiger partial charge in [-0.2, -0.15) is 0 Å². The average molecular weight is 203 g/mol. The third-order valence-corrected chi connectivity index (χ3v) is 1.70. The lowest BCUT2D eigenvalue weighted by molar-refractivity contribution is 0.0977. The van der Waals surface area contributed by atoms with Crippen molar-refractivity contribution in [1.29, 1.82) is 5.41 Å². The number of nitrogens with one attached hydrogen (secondary N) is 3. The van der Waals surface area contributed by atoms with E-state index >= 15 is 0 Å². The van der Waals surface area contributed by atoms with E-state index in [2.05, 4.69) is 10.6 Å². The van der Waals surface area contributed by atoms with E-state index in [0.29, 0.717) is 5.56 Å². The van der Waals surface area contributed by atoms with Gasteiger partial charge >= 0.3 is 0 Å². The average Bonchev–Trinajstić information content (AvgIpc) is 2.27. The van der Waals surface area contributed by atoms with Crippen LogP contribution in [0.5, 0.6) is 0 Å². The lowest BCUT2D eigenvalue weighted by Crippen LogP contribution is -2.28. The lowest BCUT2D eigenvalue weighted by atomic mass is 10.2. The van der Waals surface area contributed by atoms with E-state index in [-0.39, 0.29) is 11.7 Å². The molecule has 3 N–H and O–H groups in total. The van der Waals surface area contributed by atoms with Gasteiger partial charge in [0, 0.05) is 12.6 Å². The summed E-state index contributed by atoms with van der Waals surface area (Å²) in [5, 5.41) is 12.6.